The van der Waals surface area contributed by atoms with Gasteiger partial charge in [0, 0.05) is 12.6 Å². The van der Waals surface area contributed by atoms with Crippen molar-refractivity contribution < 1.29 is 4.74 Å². The lowest BCUT2D eigenvalue weighted by molar-refractivity contribution is 0.104. The first-order chi connectivity index (χ1) is 5.23. The van der Waals surface area contributed by atoms with Gasteiger partial charge in [-0.1, -0.05) is 6.92 Å². The van der Waals surface area contributed by atoms with Crippen molar-refractivity contribution in [1.29, 1.82) is 0 Å². The first kappa shape index (κ1) is 9.01. The van der Waals surface area contributed by atoms with Gasteiger partial charge in [-0.3, -0.25) is 0 Å². The summed E-state index contributed by atoms with van der Waals surface area (Å²) in [4.78, 5) is 0. The van der Waals surface area contributed by atoms with Crippen LogP contribution in [0.15, 0.2) is 0 Å². The predicted octanol–water partition coefficient (Wildman–Crippen LogP) is 1.41. The summed E-state index contributed by atoms with van der Waals surface area (Å²) in [6.07, 6.45) is 2.71. The van der Waals surface area contributed by atoms with Crippen LogP contribution in [0.5, 0.6) is 0 Å². The summed E-state index contributed by atoms with van der Waals surface area (Å²) in [5.41, 5.74) is 0.532. The molecular formula is C9H19NO. The number of nitrogens with one attached hydrogen (secondary N) is 1. The van der Waals surface area contributed by atoms with E-state index in [0.717, 1.165) is 13.2 Å². The average Bonchev–Trinajstić information content (AvgIpc) is 2.71. The molecule has 1 rings (SSSR count). The lowest BCUT2D eigenvalue weighted by Crippen LogP contribution is -2.37. The third kappa shape index (κ3) is 2.17. The zero-order chi connectivity index (χ0) is 8.32. The molecule has 2 nitrogen and oxygen atoms in total. The van der Waals surface area contributed by atoms with Crippen LogP contribution in [0.1, 0.15) is 26.7 Å². The summed E-state index contributed by atoms with van der Waals surface area (Å²) in [6.45, 7) is 6.06. The van der Waals surface area contributed by atoms with Gasteiger partial charge in [-0.2, -0.15) is 0 Å². The molecule has 1 N–H and O–H groups in total. The van der Waals surface area contributed by atoms with E-state index in [9.17, 15) is 0 Å². The van der Waals surface area contributed by atoms with E-state index >= 15 is 0 Å². The second-order valence-corrected chi connectivity index (χ2v) is 3.65. The van der Waals surface area contributed by atoms with Gasteiger partial charge in [0.2, 0.25) is 0 Å². The molecular weight excluding hydrogens is 138 g/mol. The highest BCUT2D eigenvalue weighted by Gasteiger charge is 2.43. The Bertz CT molecular complexity index is 121. The van der Waals surface area contributed by atoms with E-state index in [-0.39, 0.29) is 0 Å². The van der Waals surface area contributed by atoms with Gasteiger partial charge in [0.05, 0.1) is 6.61 Å². The van der Waals surface area contributed by atoms with Crippen molar-refractivity contribution in [2.75, 3.05) is 20.3 Å². The molecule has 1 atom stereocenters. The van der Waals surface area contributed by atoms with Crippen LogP contribution in [-0.2, 0) is 4.74 Å². The van der Waals surface area contributed by atoms with Gasteiger partial charge in [-0.05, 0) is 32.2 Å². The van der Waals surface area contributed by atoms with Crippen molar-refractivity contribution in [2.45, 2.75) is 32.7 Å². The molecule has 11 heavy (non-hydrogen) atoms. The maximum atomic E-state index is 5.39. The van der Waals surface area contributed by atoms with Crippen molar-refractivity contribution in [3.63, 3.8) is 0 Å². The van der Waals surface area contributed by atoms with Crippen LogP contribution < -0.4 is 5.32 Å². The molecule has 0 aromatic heterocycles. The fourth-order valence-corrected chi connectivity index (χ4v) is 1.41. The van der Waals surface area contributed by atoms with Crippen molar-refractivity contribution in [2.24, 2.45) is 5.41 Å². The fraction of sp³-hybridized carbons (Fsp3) is 1.00. The summed E-state index contributed by atoms with van der Waals surface area (Å²) in [6, 6.07) is 0.558. The molecule has 0 radical (unpaired) electrons. The van der Waals surface area contributed by atoms with E-state index in [1.807, 2.05) is 14.0 Å². The minimum Gasteiger partial charge on any atom is -0.380 e. The number of hydrogen-bond acceptors (Lipinski definition) is 2. The largest absolute Gasteiger partial charge is 0.380 e. The normalized spacial score (nSPS) is 23.2. The van der Waals surface area contributed by atoms with E-state index in [1.165, 1.54) is 12.8 Å². The summed E-state index contributed by atoms with van der Waals surface area (Å²) >= 11 is 0. The van der Waals surface area contributed by atoms with E-state index in [0.29, 0.717) is 11.5 Å². The molecule has 1 aliphatic rings. The highest BCUT2D eigenvalue weighted by Crippen LogP contribution is 2.47. The van der Waals surface area contributed by atoms with Gasteiger partial charge in [0.1, 0.15) is 0 Å². The van der Waals surface area contributed by atoms with Crippen LogP contribution >= 0.6 is 0 Å². The number of rotatable bonds is 5. The highest BCUT2D eigenvalue weighted by atomic mass is 16.5. The minimum absolute atomic E-state index is 0.532. The Hall–Kier alpha value is -0.0800. The van der Waals surface area contributed by atoms with Crippen LogP contribution in [-0.4, -0.2) is 26.3 Å². The molecule has 1 unspecified atom stereocenters. The van der Waals surface area contributed by atoms with Crippen molar-refractivity contribution >= 4 is 0 Å². The van der Waals surface area contributed by atoms with Gasteiger partial charge < -0.3 is 10.1 Å². The molecule has 2 heteroatoms. The molecule has 0 heterocycles. The second kappa shape index (κ2) is 3.55. The van der Waals surface area contributed by atoms with Gasteiger partial charge in [0.15, 0.2) is 0 Å². The highest BCUT2D eigenvalue weighted by molar-refractivity contribution is 4.98. The van der Waals surface area contributed by atoms with Crippen LogP contribution in [0.2, 0.25) is 0 Å². The maximum Gasteiger partial charge on any atom is 0.0624 e. The first-order valence-electron chi connectivity index (χ1n) is 4.48. The predicted molar refractivity (Wildman–Crippen MR) is 46.7 cm³/mol. The van der Waals surface area contributed by atoms with Crippen LogP contribution in [0.3, 0.4) is 0 Å². The zero-order valence-electron chi connectivity index (χ0n) is 7.81. The smallest absolute Gasteiger partial charge is 0.0624 e. The third-order valence-corrected chi connectivity index (χ3v) is 2.72. The first-order valence-corrected chi connectivity index (χ1v) is 4.48. The fourth-order valence-electron chi connectivity index (χ4n) is 1.41. The number of hydrogen-bond donors (Lipinski definition) is 1. The number of ether oxygens (including phenoxy) is 1. The molecule has 66 valence electrons. The summed E-state index contributed by atoms with van der Waals surface area (Å²) in [7, 11) is 2.02. The Morgan fingerprint density at radius 3 is 2.55 bits per heavy atom. The van der Waals surface area contributed by atoms with Crippen LogP contribution in [0, 0.1) is 5.41 Å². The molecule has 1 fully saturated rings. The Kier molecular flexibility index (Phi) is 2.90. The van der Waals surface area contributed by atoms with Crippen molar-refractivity contribution in [1.82, 2.24) is 5.32 Å². The number of likely N-dealkylation sites (N-methyl/N-ethyl adjacent to an activating group) is 1. The topological polar surface area (TPSA) is 21.3 Å². The monoisotopic (exact) mass is 157 g/mol. The van der Waals surface area contributed by atoms with E-state index < -0.39 is 0 Å². The molecule has 1 saturated carbocycles. The van der Waals surface area contributed by atoms with Gasteiger partial charge in [-0.15, -0.1) is 0 Å². The van der Waals surface area contributed by atoms with Crippen LogP contribution in [0.4, 0.5) is 0 Å². The third-order valence-electron chi connectivity index (χ3n) is 2.72. The molecule has 0 saturated heterocycles. The van der Waals surface area contributed by atoms with E-state index in [4.69, 9.17) is 4.74 Å². The Morgan fingerprint density at radius 2 is 2.18 bits per heavy atom. The van der Waals surface area contributed by atoms with Crippen LogP contribution in [0.25, 0.3) is 0 Å². The molecule has 0 aromatic rings. The molecule has 0 aliphatic heterocycles. The summed E-state index contributed by atoms with van der Waals surface area (Å²) in [5, 5.41) is 3.31. The lowest BCUT2D eigenvalue weighted by atomic mass is 10.0. The second-order valence-electron chi connectivity index (χ2n) is 3.65. The average molecular weight is 157 g/mol. The summed E-state index contributed by atoms with van der Waals surface area (Å²) < 4.78 is 5.39. The molecule has 0 aromatic carbocycles. The molecule has 0 amide bonds. The van der Waals surface area contributed by atoms with Gasteiger partial charge in [-0.25, -0.2) is 0 Å². The van der Waals surface area contributed by atoms with Crippen molar-refractivity contribution in [3.05, 3.63) is 0 Å². The van der Waals surface area contributed by atoms with E-state index in [1.54, 1.807) is 0 Å². The zero-order valence-corrected chi connectivity index (χ0v) is 7.81. The molecule has 0 spiro atoms. The maximum absolute atomic E-state index is 5.39. The summed E-state index contributed by atoms with van der Waals surface area (Å²) in [5.74, 6) is 0. The molecule has 1 aliphatic carbocycles. The SMILES string of the molecule is CCOCC(NC)C1(C)CC1. The van der Waals surface area contributed by atoms with E-state index in [2.05, 4.69) is 12.2 Å². The lowest BCUT2D eigenvalue weighted by Gasteiger charge is -2.22. The minimum atomic E-state index is 0.532. The Morgan fingerprint density at radius 1 is 1.55 bits per heavy atom. The Balaban J connectivity index is 2.25. The van der Waals surface area contributed by atoms with Gasteiger partial charge >= 0.3 is 0 Å². The standard InChI is InChI=1S/C9H19NO/c1-4-11-7-8(10-3)9(2)5-6-9/h8,10H,4-7H2,1-3H3. The van der Waals surface area contributed by atoms with Crippen molar-refractivity contribution in [3.8, 4) is 0 Å². The van der Waals surface area contributed by atoms with Gasteiger partial charge in [0.25, 0.3) is 0 Å². The quantitative estimate of drug-likeness (QED) is 0.651. The Labute approximate surface area is 69.3 Å². The molecule has 0 bridgehead atoms.